The van der Waals surface area contributed by atoms with Crippen molar-refractivity contribution in [2.24, 2.45) is 0 Å². The van der Waals surface area contributed by atoms with Crippen LogP contribution in [0.3, 0.4) is 0 Å². The number of aryl methyl sites for hydroxylation is 1. The van der Waals surface area contributed by atoms with Crippen molar-refractivity contribution in [3.8, 4) is 5.69 Å². The Labute approximate surface area is 159 Å². The lowest BCUT2D eigenvalue weighted by atomic mass is 10.2. The van der Waals surface area contributed by atoms with Gasteiger partial charge in [-0.05, 0) is 56.3 Å². The molecule has 0 unspecified atom stereocenters. The first-order valence-electron chi connectivity index (χ1n) is 8.43. The van der Waals surface area contributed by atoms with Crippen LogP contribution in [0, 0.1) is 18.6 Å². The largest absolute Gasteiger partial charge is 0.449 e. The molecule has 1 N–H and O–H groups in total. The lowest BCUT2D eigenvalue weighted by molar-refractivity contribution is -0.123. The number of carbonyl (C=O) groups excluding carboxylic acids is 2. The van der Waals surface area contributed by atoms with Crippen LogP contribution in [-0.4, -0.2) is 27.8 Å². The van der Waals surface area contributed by atoms with Crippen LogP contribution in [0.2, 0.25) is 0 Å². The first-order valence-corrected chi connectivity index (χ1v) is 8.43. The van der Waals surface area contributed by atoms with Crippen molar-refractivity contribution in [1.82, 2.24) is 9.78 Å². The first kappa shape index (κ1) is 19.2. The molecule has 144 valence electrons. The Balaban J connectivity index is 1.62. The zero-order valence-electron chi connectivity index (χ0n) is 15.1. The quantitative estimate of drug-likeness (QED) is 0.681. The third-order valence-electron chi connectivity index (χ3n) is 4.02. The van der Waals surface area contributed by atoms with E-state index in [-0.39, 0.29) is 11.3 Å². The SMILES string of the molecule is Cc1ccnn1-c1ccc(C(=O)O[C@@H](C)C(=O)Nc2ccc(F)c(F)c2)cc1. The molecule has 0 aliphatic rings. The molecular weight excluding hydrogens is 368 g/mol. The number of halogens is 2. The molecule has 1 amide bonds. The molecule has 1 atom stereocenters. The summed E-state index contributed by atoms with van der Waals surface area (Å²) in [6.45, 7) is 3.29. The maximum Gasteiger partial charge on any atom is 0.338 e. The summed E-state index contributed by atoms with van der Waals surface area (Å²) >= 11 is 0. The van der Waals surface area contributed by atoms with E-state index >= 15 is 0 Å². The number of esters is 1. The summed E-state index contributed by atoms with van der Waals surface area (Å²) in [6.07, 6.45) is 0.541. The highest BCUT2D eigenvalue weighted by Crippen LogP contribution is 2.15. The second-order valence-corrected chi connectivity index (χ2v) is 6.10. The number of rotatable bonds is 5. The van der Waals surface area contributed by atoms with E-state index < -0.39 is 29.6 Å². The molecule has 0 spiro atoms. The Morgan fingerprint density at radius 1 is 1.07 bits per heavy atom. The molecule has 0 aliphatic heterocycles. The Hall–Kier alpha value is -3.55. The van der Waals surface area contributed by atoms with Crippen LogP contribution in [0.4, 0.5) is 14.5 Å². The van der Waals surface area contributed by atoms with Crippen LogP contribution in [-0.2, 0) is 9.53 Å². The van der Waals surface area contributed by atoms with Crippen LogP contribution in [0.5, 0.6) is 0 Å². The van der Waals surface area contributed by atoms with Gasteiger partial charge < -0.3 is 10.1 Å². The summed E-state index contributed by atoms with van der Waals surface area (Å²) in [5.41, 5.74) is 2.05. The molecule has 8 heteroatoms. The van der Waals surface area contributed by atoms with Gasteiger partial charge in [0.15, 0.2) is 17.7 Å². The Kier molecular flexibility index (Phi) is 5.49. The maximum absolute atomic E-state index is 13.2. The van der Waals surface area contributed by atoms with Gasteiger partial charge in [-0.3, -0.25) is 4.79 Å². The van der Waals surface area contributed by atoms with E-state index in [0.29, 0.717) is 0 Å². The minimum Gasteiger partial charge on any atom is -0.449 e. The normalized spacial score (nSPS) is 11.7. The van der Waals surface area contributed by atoms with E-state index in [1.165, 1.54) is 13.0 Å². The second-order valence-electron chi connectivity index (χ2n) is 6.10. The van der Waals surface area contributed by atoms with Crippen LogP contribution in [0.15, 0.2) is 54.7 Å². The topological polar surface area (TPSA) is 73.2 Å². The number of nitrogens with one attached hydrogen (secondary N) is 1. The van der Waals surface area contributed by atoms with Gasteiger partial charge in [-0.15, -0.1) is 0 Å². The van der Waals surface area contributed by atoms with Crippen molar-refractivity contribution in [2.75, 3.05) is 5.32 Å². The van der Waals surface area contributed by atoms with Gasteiger partial charge in [-0.2, -0.15) is 5.10 Å². The van der Waals surface area contributed by atoms with Gasteiger partial charge in [0, 0.05) is 23.6 Å². The second kappa shape index (κ2) is 7.99. The van der Waals surface area contributed by atoms with Crippen LogP contribution in [0.25, 0.3) is 5.69 Å². The Morgan fingerprint density at radius 3 is 2.39 bits per heavy atom. The van der Waals surface area contributed by atoms with Crippen molar-refractivity contribution in [2.45, 2.75) is 20.0 Å². The van der Waals surface area contributed by atoms with E-state index in [4.69, 9.17) is 4.74 Å². The lowest BCUT2D eigenvalue weighted by Crippen LogP contribution is -2.30. The average molecular weight is 385 g/mol. The molecule has 0 fully saturated rings. The fraction of sp³-hybridized carbons (Fsp3) is 0.150. The fourth-order valence-electron chi connectivity index (χ4n) is 2.48. The molecule has 6 nitrogen and oxygen atoms in total. The molecule has 0 aliphatic carbocycles. The standard InChI is InChI=1S/C20H17F2N3O3/c1-12-9-10-23-25(12)16-6-3-14(4-7-16)20(27)28-13(2)19(26)24-15-5-8-17(21)18(22)11-15/h3-11,13H,1-2H3,(H,24,26)/t13-/m0/s1. The highest BCUT2D eigenvalue weighted by Gasteiger charge is 2.19. The number of amides is 1. The van der Waals surface area contributed by atoms with Gasteiger partial charge in [0.05, 0.1) is 11.3 Å². The minimum atomic E-state index is -1.13. The zero-order valence-corrected chi connectivity index (χ0v) is 15.1. The van der Waals surface area contributed by atoms with Gasteiger partial charge in [-0.1, -0.05) is 0 Å². The third-order valence-corrected chi connectivity index (χ3v) is 4.02. The van der Waals surface area contributed by atoms with Gasteiger partial charge in [0.25, 0.3) is 5.91 Å². The Bertz CT molecular complexity index is 1020. The lowest BCUT2D eigenvalue weighted by Gasteiger charge is -2.14. The smallest absolute Gasteiger partial charge is 0.338 e. The number of aromatic nitrogens is 2. The number of hydrogen-bond acceptors (Lipinski definition) is 4. The number of carbonyl (C=O) groups is 2. The fourth-order valence-corrected chi connectivity index (χ4v) is 2.48. The molecule has 3 rings (SSSR count). The van der Waals surface area contributed by atoms with Crippen molar-refractivity contribution >= 4 is 17.6 Å². The Morgan fingerprint density at radius 2 is 1.79 bits per heavy atom. The minimum absolute atomic E-state index is 0.0609. The summed E-state index contributed by atoms with van der Waals surface area (Å²) in [7, 11) is 0. The first-order chi connectivity index (χ1) is 13.3. The van der Waals surface area contributed by atoms with Gasteiger partial charge in [0.2, 0.25) is 0 Å². The molecule has 2 aromatic carbocycles. The van der Waals surface area contributed by atoms with Gasteiger partial charge in [0.1, 0.15) is 0 Å². The number of benzene rings is 2. The van der Waals surface area contributed by atoms with Crippen molar-refractivity contribution in [3.05, 3.63) is 77.6 Å². The van der Waals surface area contributed by atoms with E-state index in [2.05, 4.69) is 10.4 Å². The van der Waals surface area contributed by atoms with Crippen molar-refractivity contribution in [3.63, 3.8) is 0 Å². The van der Waals surface area contributed by atoms with E-state index in [1.54, 1.807) is 35.1 Å². The predicted molar refractivity (Wildman–Crippen MR) is 98.2 cm³/mol. The number of ether oxygens (including phenoxy) is 1. The monoisotopic (exact) mass is 385 g/mol. The van der Waals surface area contributed by atoms with E-state index in [0.717, 1.165) is 23.5 Å². The van der Waals surface area contributed by atoms with E-state index in [1.807, 2.05) is 13.0 Å². The number of nitrogens with zero attached hydrogens (tertiary/aromatic N) is 2. The van der Waals surface area contributed by atoms with Crippen LogP contribution >= 0.6 is 0 Å². The third kappa shape index (κ3) is 4.22. The van der Waals surface area contributed by atoms with Crippen LogP contribution in [0.1, 0.15) is 23.0 Å². The summed E-state index contributed by atoms with van der Waals surface area (Å²) < 4.78 is 33.0. The summed E-state index contributed by atoms with van der Waals surface area (Å²) in [5, 5.41) is 6.55. The molecule has 0 saturated carbocycles. The maximum atomic E-state index is 13.2. The molecule has 0 bridgehead atoms. The number of hydrogen-bond donors (Lipinski definition) is 1. The average Bonchev–Trinajstić information content (AvgIpc) is 3.10. The zero-order chi connectivity index (χ0) is 20.3. The summed E-state index contributed by atoms with van der Waals surface area (Å²) in [6, 6.07) is 11.4. The molecule has 0 saturated heterocycles. The molecule has 28 heavy (non-hydrogen) atoms. The molecule has 1 heterocycles. The molecule has 0 radical (unpaired) electrons. The predicted octanol–water partition coefficient (Wildman–Crippen LogP) is 3.64. The van der Waals surface area contributed by atoms with Gasteiger partial charge >= 0.3 is 5.97 Å². The molecule has 3 aromatic rings. The summed E-state index contributed by atoms with van der Waals surface area (Å²) in [5.74, 6) is -3.46. The number of anilines is 1. The van der Waals surface area contributed by atoms with E-state index in [9.17, 15) is 18.4 Å². The highest BCUT2D eigenvalue weighted by molar-refractivity contribution is 5.97. The highest BCUT2D eigenvalue weighted by atomic mass is 19.2. The summed E-state index contributed by atoms with van der Waals surface area (Å²) in [4.78, 5) is 24.3. The van der Waals surface area contributed by atoms with Crippen LogP contribution < -0.4 is 5.32 Å². The van der Waals surface area contributed by atoms with Gasteiger partial charge in [-0.25, -0.2) is 18.3 Å². The molecular formula is C20H17F2N3O3. The molecule has 1 aromatic heterocycles. The van der Waals surface area contributed by atoms with Crippen molar-refractivity contribution < 1.29 is 23.1 Å². The van der Waals surface area contributed by atoms with Crippen molar-refractivity contribution in [1.29, 1.82) is 0 Å².